The minimum absolute atomic E-state index is 0. The van der Waals surface area contributed by atoms with Gasteiger partial charge in [-0.15, -0.1) is 0 Å². The van der Waals surface area contributed by atoms with Gasteiger partial charge in [-0.1, -0.05) is 12.1 Å². The summed E-state index contributed by atoms with van der Waals surface area (Å²) in [6.45, 7) is 0. The van der Waals surface area contributed by atoms with E-state index in [0.29, 0.717) is 0 Å². The van der Waals surface area contributed by atoms with E-state index in [9.17, 15) is 13.2 Å². The second-order valence-corrected chi connectivity index (χ2v) is 4.08. The zero-order valence-electron chi connectivity index (χ0n) is 5.94. The molecular weight excluding hydrogens is 293 g/mol. The minimum atomic E-state index is -3.55. The molecule has 0 saturated carbocycles. The normalized spacial score (nSPS) is 13.1. The number of benzene rings is 1. The van der Waals surface area contributed by atoms with Crippen LogP contribution in [-0.4, -0.2) is 162 Å². The number of fused-ring (bicyclic) bond motifs is 1. The summed E-state index contributed by atoms with van der Waals surface area (Å²) in [5.74, 6) is -0.550. The summed E-state index contributed by atoms with van der Waals surface area (Å²) in [5, 5.41) is 0. The van der Waals surface area contributed by atoms with Gasteiger partial charge in [-0.3, -0.25) is 4.79 Å². The third-order valence-electron chi connectivity index (χ3n) is 1.65. The van der Waals surface area contributed by atoms with Crippen molar-refractivity contribution in [2.45, 2.75) is 4.90 Å². The zero-order valence-corrected chi connectivity index (χ0v) is 6.76. The van der Waals surface area contributed by atoms with Gasteiger partial charge in [0.1, 0.15) is 4.90 Å². The molecular formula is C7H10NNa5O3S. The molecule has 0 fully saturated rings. The Kier molecular flexibility index (Phi) is 20.7. The van der Waals surface area contributed by atoms with Crippen LogP contribution >= 0.6 is 0 Å². The number of hydrogen-bond acceptors (Lipinski definition) is 3. The van der Waals surface area contributed by atoms with Crippen molar-refractivity contribution in [1.29, 1.82) is 0 Å². The van der Waals surface area contributed by atoms with Crippen molar-refractivity contribution in [2.75, 3.05) is 0 Å². The molecule has 1 amide bonds. The van der Waals surface area contributed by atoms with Gasteiger partial charge < -0.3 is 0 Å². The van der Waals surface area contributed by atoms with Crippen LogP contribution in [-0.2, 0) is 10.0 Å². The summed E-state index contributed by atoms with van der Waals surface area (Å²) in [6.07, 6.45) is 0. The van der Waals surface area contributed by atoms with Crippen molar-refractivity contribution in [2.24, 2.45) is 0 Å². The Balaban J connectivity index is -0.000000169. The molecule has 10 heteroatoms. The summed E-state index contributed by atoms with van der Waals surface area (Å²) < 4.78 is 24.2. The van der Waals surface area contributed by atoms with E-state index in [2.05, 4.69) is 0 Å². The van der Waals surface area contributed by atoms with Crippen LogP contribution < -0.4 is 4.72 Å². The van der Waals surface area contributed by atoms with Gasteiger partial charge in [0.25, 0.3) is 15.9 Å². The quantitative estimate of drug-likeness (QED) is 0.516. The van der Waals surface area contributed by atoms with E-state index in [1.54, 1.807) is 12.1 Å². The number of carbonyl (C=O) groups is 1. The van der Waals surface area contributed by atoms with Gasteiger partial charge in [-0.05, 0) is 12.1 Å². The topological polar surface area (TPSA) is 63.2 Å². The van der Waals surface area contributed by atoms with E-state index < -0.39 is 15.9 Å². The maximum absolute atomic E-state index is 11.1. The van der Waals surface area contributed by atoms with Crippen molar-refractivity contribution >= 4 is 164 Å². The molecule has 1 N–H and O–H groups in total. The van der Waals surface area contributed by atoms with Crippen molar-refractivity contribution < 1.29 is 13.2 Å². The number of rotatable bonds is 0. The fourth-order valence-electron chi connectivity index (χ4n) is 1.12. The zero-order chi connectivity index (χ0) is 8.77. The van der Waals surface area contributed by atoms with Gasteiger partial charge in [0.05, 0.1) is 5.56 Å². The van der Waals surface area contributed by atoms with Crippen LogP contribution in [0.1, 0.15) is 10.4 Å². The first-order valence-electron chi connectivity index (χ1n) is 3.27. The maximum atomic E-state index is 11.1. The number of hydrogen-bond donors (Lipinski definition) is 1. The van der Waals surface area contributed by atoms with E-state index in [4.69, 9.17) is 0 Å². The predicted molar refractivity (Wildman–Crippen MR) is 76.8 cm³/mol. The first-order chi connectivity index (χ1) is 5.61. The van der Waals surface area contributed by atoms with Gasteiger partial charge in [-0.2, -0.15) is 0 Å². The average Bonchev–Trinajstić information content (AvgIpc) is 2.25. The molecule has 0 atom stereocenters. The van der Waals surface area contributed by atoms with Crippen LogP contribution in [0.25, 0.3) is 0 Å². The van der Waals surface area contributed by atoms with Crippen LogP contribution in [0.15, 0.2) is 29.2 Å². The molecule has 17 heavy (non-hydrogen) atoms. The van der Waals surface area contributed by atoms with E-state index in [0.717, 1.165) is 0 Å². The van der Waals surface area contributed by atoms with Crippen LogP contribution in [0.2, 0.25) is 0 Å². The molecule has 1 aromatic carbocycles. The molecule has 72 valence electrons. The van der Waals surface area contributed by atoms with Crippen LogP contribution in [0.5, 0.6) is 0 Å². The summed E-state index contributed by atoms with van der Waals surface area (Å²) in [5.41, 5.74) is 0.220. The van der Waals surface area contributed by atoms with E-state index >= 15 is 0 Å². The van der Waals surface area contributed by atoms with Crippen LogP contribution in [0, 0.1) is 0 Å². The number of nitrogens with one attached hydrogen (secondary N) is 1. The molecule has 1 heterocycles. The molecule has 0 aromatic heterocycles. The summed E-state index contributed by atoms with van der Waals surface area (Å²) in [4.78, 5) is 11.1. The van der Waals surface area contributed by atoms with Gasteiger partial charge >= 0.3 is 148 Å². The number of sulfonamides is 1. The SMILES string of the molecule is O=C1NS(=O)(=O)c2ccccc21.[NaH].[NaH].[NaH].[NaH].[NaH]. The van der Waals surface area contributed by atoms with Crippen LogP contribution in [0.3, 0.4) is 0 Å². The van der Waals surface area contributed by atoms with Crippen LogP contribution in [0.4, 0.5) is 0 Å². The number of carbonyl (C=O) groups excluding carboxylic acids is 1. The molecule has 1 aliphatic rings. The average molecular weight is 303 g/mol. The van der Waals surface area contributed by atoms with E-state index in [-0.39, 0.29) is 158 Å². The Labute approximate surface area is 211 Å². The fraction of sp³-hybridized carbons (Fsp3) is 0. The second-order valence-electron chi connectivity index (χ2n) is 2.43. The van der Waals surface area contributed by atoms with Crippen molar-refractivity contribution in [1.82, 2.24) is 4.72 Å². The Morgan fingerprint density at radius 1 is 0.882 bits per heavy atom. The molecule has 0 unspecified atom stereocenters. The molecule has 0 bridgehead atoms. The molecule has 1 aromatic rings. The molecule has 0 radical (unpaired) electrons. The van der Waals surface area contributed by atoms with Gasteiger partial charge in [0, 0.05) is 0 Å². The van der Waals surface area contributed by atoms with Crippen molar-refractivity contribution in [3.8, 4) is 0 Å². The van der Waals surface area contributed by atoms with Crippen molar-refractivity contribution in [3.05, 3.63) is 29.8 Å². The third kappa shape index (κ3) is 6.96. The van der Waals surface area contributed by atoms with E-state index in [1.807, 2.05) is 4.72 Å². The predicted octanol–water partition coefficient (Wildman–Crippen LogP) is -3.12. The first-order valence-corrected chi connectivity index (χ1v) is 4.76. The monoisotopic (exact) mass is 303 g/mol. The fourth-order valence-corrected chi connectivity index (χ4v) is 2.29. The first kappa shape index (κ1) is 28.8. The Hall–Kier alpha value is 3.64. The summed E-state index contributed by atoms with van der Waals surface area (Å²) in [6, 6.07) is 6.09. The second kappa shape index (κ2) is 12.2. The molecule has 2 rings (SSSR count). The van der Waals surface area contributed by atoms with Gasteiger partial charge in [0.2, 0.25) is 0 Å². The number of amides is 1. The third-order valence-corrected chi connectivity index (χ3v) is 3.04. The molecule has 0 saturated heterocycles. The molecule has 1 aliphatic heterocycles. The standard InChI is InChI=1S/C7H5NO3S.5Na.5H/c9-7-5-3-1-2-4-6(5)12(10,11)8-7;;;;;;;;;;/h1-4H,(H,8,9);;;;;;;;;;. The molecule has 0 aliphatic carbocycles. The summed E-state index contributed by atoms with van der Waals surface area (Å²) in [7, 11) is -3.55. The van der Waals surface area contributed by atoms with Crippen molar-refractivity contribution in [3.63, 3.8) is 0 Å². The summed E-state index contributed by atoms with van der Waals surface area (Å²) >= 11 is 0. The Morgan fingerprint density at radius 3 is 1.82 bits per heavy atom. The van der Waals surface area contributed by atoms with Gasteiger partial charge in [-0.25, -0.2) is 13.1 Å². The van der Waals surface area contributed by atoms with E-state index in [1.165, 1.54) is 12.1 Å². The van der Waals surface area contributed by atoms with Gasteiger partial charge in [0.15, 0.2) is 0 Å². The molecule has 0 spiro atoms. The Morgan fingerprint density at radius 2 is 1.35 bits per heavy atom. The Bertz CT molecular complexity index is 464. The molecule has 4 nitrogen and oxygen atoms in total.